The van der Waals surface area contributed by atoms with Crippen LogP contribution in [0.25, 0.3) is 0 Å². The molecule has 1 saturated heterocycles. The Balaban J connectivity index is 2.32. The summed E-state index contributed by atoms with van der Waals surface area (Å²) in [6.07, 6.45) is 2.92. The smallest absolute Gasteiger partial charge is 0.223 e. The van der Waals surface area contributed by atoms with E-state index in [1.807, 2.05) is 11.9 Å². The van der Waals surface area contributed by atoms with E-state index < -0.39 is 0 Å². The van der Waals surface area contributed by atoms with Gasteiger partial charge in [-0.05, 0) is 47.2 Å². The van der Waals surface area contributed by atoms with E-state index in [2.05, 4.69) is 38.0 Å². The Kier molecular flexibility index (Phi) is 5.60. The van der Waals surface area contributed by atoms with E-state index in [4.69, 9.17) is 0 Å². The van der Waals surface area contributed by atoms with Crippen molar-refractivity contribution in [3.05, 3.63) is 0 Å². The van der Waals surface area contributed by atoms with Crippen molar-refractivity contribution >= 4 is 5.91 Å². The molecule has 0 aromatic heterocycles. The van der Waals surface area contributed by atoms with Gasteiger partial charge in [0.2, 0.25) is 5.91 Å². The fourth-order valence-electron chi connectivity index (χ4n) is 2.38. The largest absolute Gasteiger partial charge is 0.341 e. The van der Waals surface area contributed by atoms with Crippen molar-refractivity contribution in [3.63, 3.8) is 0 Å². The number of carbonyl (C=O) groups excluding carboxylic acids is 1. The summed E-state index contributed by atoms with van der Waals surface area (Å²) < 4.78 is 0. The second-order valence-corrected chi connectivity index (χ2v) is 6.49. The van der Waals surface area contributed by atoms with Gasteiger partial charge in [-0.2, -0.15) is 0 Å². The minimum absolute atomic E-state index is 0.0872. The van der Waals surface area contributed by atoms with Crippen LogP contribution >= 0.6 is 0 Å². The predicted octanol–water partition coefficient (Wildman–Crippen LogP) is 1.32. The zero-order chi connectivity index (χ0) is 13.8. The van der Waals surface area contributed by atoms with Gasteiger partial charge >= 0.3 is 0 Å². The maximum Gasteiger partial charge on any atom is 0.223 e. The number of nitrogens with one attached hydrogen (secondary N) is 1. The Hall–Kier alpha value is -0.610. The van der Waals surface area contributed by atoms with Crippen LogP contribution in [-0.2, 0) is 4.79 Å². The standard InChI is InChI=1S/C14H29N3O/c1-14(2,3)15-9-8-13(18)17(5)12-7-6-10-16(4)11-12/h12,15H,6-11H2,1-5H3. The highest BCUT2D eigenvalue weighted by Gasteiger charge is 2.24. The molecule has 4 nitrogen and oxygen atoms in total. The molecule has 0 aliphatic carbocycles. The molecule has 1 unspecified atom stereocenters. The minimum Gasteiger partial charge on any atom is -0.341 e. The predicted molar refractivity (Wildman–Crippen MR) is 75.7 cm³/mol. The van der Waals surface area contributed by atoms with Gasteiger partial charge in [-0.3, -0.25) is 4.79 Å². The molecule has 1 aliphatic rings. The Bertz CT molecular complexity index is 273. The lowest BCUT2D eigenvalue weighted by molar-refractivity contribution is -0.132. The number of hydrogen-bond donors (Lipinski definition) is 1. The summed E-state index contributed by atoms with van der Waals surface area (Å²) in [4.78, 5) is 16.4. The van der Waals surface area contributed by atoms with Gasteiger partial charge in [0.1, 0.15) is 0 Å². The van der Waals surface area contributed by atoms with Crippen molar-refractivity contribution < 1.29 is 4.79 Å². The molecule has 1 atom stereocenters. The second kappa shape index (κ2) is 6.53. The maximum atomic E-state index is 12.1. The molecule has 0 bridgehead atoms. The molecule has 1 amide bonds. The summed E-state index contributed by atoms with van der Waals surface area (Å²) in [6, 6.07) is 0.394. The first kappa shape index (κ1) is 15.4. The van der Waals surface area contributed by atoms with E-state index in [9.17, 15) is 4.79 Å². The molecule has 1 aliphatic heterocycles. The van der Waals surface area contributed by atoms with E-state index in [-0.39, 0.29) is 11.4 Å². The van der Waals surface area contributed by atoms with E-state index in [0.717, 1.165) is 26.1 Å². The number of carbonyl (C=O) groups is 1. The molecule has 0 radical (unpaired) electrons. The first-order valence-corrected chi connectivity index (χ1v) is 6.99. The summed E-state index contributed by atoms with van der Waals surface area (Å²) in [5.41, 5.74) is 0.0872. The molecule has 0 aromatic carbocycles. The number of piperidine rings is 1. The molecule has 0 spiro atoms. The molecule has 1 N–H and O–H groups in total. The number of likely N-dealkylation sites (N-methyl/N-ethyl adjacent to an activating group) is 2. The number of likely N-dealkylation sites (tertiary alicyclic amines) is 1. The SMILES string of the molecule is CN1CCCC(N(C)C(=O)CCNC(C)(C)C)C1. The summed E-state index contributed by atoms with van der Waals surface area (Å²) in [5.74, 6) is 0.257. The first-order valence-electron chi connectivity index (χ1n) is 6.99. The topological polar surface area (TPSA) is 35.6 Å². The fourth-order valence-corrected chi connectivity index (χ4v) is 2.38. The van der Waals surface area contributed by atoms with Gasteiger partial charge in [0, 0.05) is 38.1 Å². The van der Waals surface area contributed by atoms with E-state index >= 15 is 0 Å². The van der Waals surface area contributed by atoms with Crippen LogP contribution in [0.4, 0.5) is 0 Å². The number of hydrogen-bond acceptors (Lipinski definition) is 3. The highest BCUT2D eigenvalue weighted by molar-refractivity contribution is 5.76. The Morgan fingerprint density at radius 2 is 2.11 bits per heavy atom. The van der Waals surface area contributed by atoms with Crippen LogP contribution in [0, 0.1) is 0 Å². The number of amides is 1. The molecule has 18 heavy (non-hydrogen) atoms. The fraction of sp³-hybridized carbons (Fsp3) is 0.929. The summed E-state index contributed by atoms with van der Waals surface area (Å²) >= 11 is 0. The zero-order valence-electron chi connectivity index (χ0n) is 12.6. The van der Waals surface area contributed by atoms with Crippen molar-refractivity contribution in [3.8, 4) is 0 Å². The van der Waals surface area contributed by atoms with Gasteiger partial charge in [-0.1, -0.05) is 0 Å². The van der Waals surface area contributed by atoms with Crippen molar-refractivity contribution in [2.45, 2.75) is 51.6 Å². The van der Waals surface area contributed by atoms with Gasteiger partial charge in [0.25, 0.3) is 0 Å². The minimum atomic E-state index is 0.0872. The molecule has 4 heteroatoms. The Morgan fingerprint density at radius 1 is 1.44 bits per heavy atom. The molecule has 1 rings (SSSR count). The normalized spacial score (nSPS) is 21.9. The van der Waals surface area contributed by atoms with Crippen molar-refractivity contribution in [1.82, 2.24) is 15.1 Å². The third-order valence-electron chi connectivity index (χ3n) is 3.53. The van der Waals surface area contributed by atoms with Crippen LogP contribution < -0.4 is 5.32 Å². The number of nitrogens with zero attached hydrogens (tertiary/aromatic N) is 2. The van der Waals surface area contributed by atoms with Gasteiger partial charge in [-0.15, -0.1) is 0 Å². The highest BCUT2D eigenvalue weighted by atomic mass is 16.2. The van der Waals surface area contributed by atoms with Crippen LogP contribution in [0.3, 0.4) is 0 Å². The van der Waals surface area contributed by atoms with Crippen molar-refractivity contribution in [2.75, 3.05) is 33.7 Å². The third-order valence-corrected chi connectivity index (χ3v) is 3.53. The van der Waals surface area contributed by atoms with Gasteiger partial charge in [0.05, 0.1) is 0 Å². The Labute approximate surface area is 112 Å². The first-order chi connectivity index (χ1) is 8.29. The van der Waals surface area contributed by atoms with Crippen LogP contribution in [0.2, 0.25) is 0 Å². The summed E-state index contributed by atoms with van der Waals surface area (Å²) in [5, 5.41) is 3.36. The van der Waals surface area contributed by atoms with E-state index in [1.54, 1.807) is 0 Å². The monoisotopic (exact) mass is 255 g/mol. The van der Waals surface area contributed by atoms with E-state index in [1.165, 1.54) is 6.42 Å². The lowest BCUT2D eigenvalue weighted by Gasteiger charge is -2.36. The molecular formula is C14H29N3O. The van der Waals surface area contributed by atoms with Crippen molar-refractivity contribution in [1.29, 1.82) is 0 Å². The van der Waals surface area contributed by atoms with Gasteiger partial charge < -0.3 is 15.1 Å². The maximum absolute atomic E-state index is 12.1. The Morgan fingerprint density at radius 3 is 2.67 bits per heavy atom. The molecular weight excluding hydrogens is 226 g/mol. The van der Waals surface area contributed by atoms with E-state index in [0.29, 0.717) is 12.5 Å². The summed E-state index contributed by atoms with van der Waals surface area (Å²) in [6.45, 7) is 9.29. The molecule has 1 heterocycles. The van der Waals surface area contributed by atoms with Crippen LogP contribution in [0.1, 0.15) is 40.0 Å². The second-order valence-electron chi connectivity index (χ2n) is 6.49. The zero-order valence-corrected chi connectivity index (χ0v) is 12.6. The summed E-state index contributed by atoms with van der Waals surface area (Å²) in [7, 11) is 4.08. The molecule has 1 fully saturated rings. The average molecular weight is 255 g/mol. The molecule has 106 valence electrons. The quantitative estimate of drug-likeness (QED) is 0.823. The van der Waals surface area contributed by atoms with Crippen LogP contribution in [0.5, 0.6) is 0 Å². The lowest BCUT2D eigenvalue weighted by atomic mass is 10.0. The third kappa shape index (κ3) is 5.36. The van der Waals surface area contributed by atoms with Gasteiger partial charge in [-0.25, -0.2) is 0 Å². The van der Waals surface area contributed by atoms with Crippen LogP contribution in [0.15, 0.2) is 0 Å². The highest BCUT2D eigenvalue weighted by Crippen LogP contribution is 2.14. The van der Waals surface area contributed by atoms with Crippen LogP contribution in [-0.4, -0.2) is 61.0 Å². The lowest BCUT2D eigenvalue weighted by Crippen LogP contribution is -2.48. The molecule has 0 aromatic rings. The van der Waals surface area contributed by atoms with Gasteiger partial charge in [0.15, 0.2) is 0 Å². The number of rotatable bonds is 4. The van der Waals surface area contributed by atoms with Crippen molar-refractivity contribution in [2.24, 2.45) is 0 Å². The average Bonchev–Trinajstić information content (AvgIpc) is 2.26. The molecule has 0 saturated carbocycles.